The third-order valence-electron chi connectivity index (χ3n) is 3.15. The first-order chi connectivity index (χ1) is 9.93. The molecule has 0 amide bonds. The van der Waals surface area contributed by atoms with Crippen molar-refractivity contribution >= 4 is 26.3 Å². The summed E-state index contributed by atoms with van der Waals surface area (Å²) in [6.07, 6.45) is 1.09. The zero-order valence-corrected chi connectivity index (χ0v) is 13.7. The Morgan fingerprint density at radius 2 is 1.86 bits per heavy atom. The van der Waals surface area contributed by atoms with Gasteiger partial charge >= 0.3 is 6.18 Å². The lowest BCUT2D eigenvalue weighted by atomic mass is 10.1. The van der Waals surface area contributed by atoms with Crippen LogP contribution in [0.4, 0.5) is 13.2 Å². The molecule has 0 fully saturated rings. The highest BCUT2D eigenvalue weighted by Crippen LogP contribution is 2.28. The molecule has 0 aliphatic carbocycles. The maximum atomic E-state index is 12.6. The van der Waals surface area contributed by atoms with Crippen molar-refractivity contribution in [2.75, 3.05) is 5.88 Å². The molecule has 0 aliphatic rings. The van der Waals surface area contributed by atoms with Crippen molar-refractivity contribution in [3.05, 3.63) is 42.0 Å². The van der Waals surface area contributed by atoms with Gasteiger partial charge in [0.2, 0.25) is 0 Å². The van der Waals surface area contributed by atoms with Gasteiger partial charge in [0.25, 0.3) is 0 Å². The van der Waals surface area contributed by atoms with E-state index in [2.05, 4.69) is 6.58 Å². The Morgan fingerprint density at radius 1 is 1.14 bits per heavy atom. The number of hydrogen-bond donors (Lipinski definition) is 0. The number of benzene rings is 1. The lowest BCUT2D eigenvalue weighted by Gasteiger charge is -2.09. The van der Waals surface area contributed by atoms with Crippen LogP contribution in [-0.4, -0.2) is 15.4 Å². The highest BCUT2D eigenvalue weighted by molar-refractivity contribution is 6.54. The van der Waals surface area contributed by atoms with Crippen molar-refractivity contribution in [2.24, 2.45) is 0 Å². The van der Waals surface area contributed by atoms with Gasteiger partial charge in [-0.15, -0.1) is 18.2 Å². The lowest BCUT2D eigenvalue weighted by Crippen LogP contribution is -2.17. The summed E-state index contributed by atoms with van der Waals surface area (Å²) in [6.45, 7) is 4.02. The summed E-state index contributed by atoms with van der Waals surface area (Å²) in [5, 5.41) is 0.744. The summed E-state index contributed by atoms with van der Waals surface area (Å²) in [5.41, 5.74) is 0.552. The number of hydrogen-bond acceptors (Lipinski definition) is 0. The van der Waals surface area contributed by atoms with Crippen molar-refractivity contribution < 1.29 is 13.2 Å². The van der Waals surface area contributed by atoms with Crippen molar-refractivity contribution in [3.63, 3.8) is 0 Å². The van der Waals surface area contributed by atoms with Crippen LogP contribution in [0, 0.1) is 0 Å². The van der Waals surface area contributed by atoms with Gasteiger partial charge in [0.15, 0.2) is 0 Å². The van der Waals surface area contributed by atoms with Crippen LogP contribution in [0.25, 0.3) is 0 Å². The summed E-state index contributed by atoms with van der Waals surface area (Å²) in [6, 6.07) is 6.35. The molecule has 0 spiro atoms. The second-order valence-corrected chi connectivity index (χ2v) is 6.70. The Labute approximate surface area is 132 Å². The van der Waals surface area contributed by atoms with E-state index in [9.17, 15) is 13.2 Å². The molecular formula is C16H20ClF3Si. The minimum absolute atomic E-state index is 0.352. The average molecular weight is 333 g/mol. The fourth-order valence-corrected chi connectivity index (χ4v) is 3.24. The summed E-state index contributed by atoms with van der Waals surface area (Å²) in [4.78, 5) is 0. The monoisotopic (exact) mass is 332 g/mol. The summed E-state index contributed by atoms with van der Waals surface area (Å²) in [7, 11) is 0.352. The Morgan fingerprint density at radius 3 is 2.52 bits per heavy atom. The van der Waals surface area contributed by atoms with E-state index in [0.717, 1.165) is 55.0 Å². The van der Waals surface area contributed by atoms with Crippen LogP contribution >= 0.6 is 11.6 Å². The van der Waals surface area contributed by atoms with Gasteiger partial charge in [0.05, 0.1) is 15.1 Å². The van der Waals surface area contributed by atoms with Gasteiger partial charge in [-0.3, -0.25) is 0 Å². The van der Waals surface area contributed by atoms with Gasteiger partial charge in [-0.25, -0.2) is 0 Å². The Hall–Kier alpha value is -0.743. The van der Waals surface area contributed by atoms with E-state index in [0.29, 0.717) is 15.4 Å². The molecule has 0 nitrogen and oxygen atoms in total. The third-order valence-corrected chi connectivity index (χ3v) is 4.81. The third kappa shape index (κ3) is 7.72. The van der Waals surface area contributed by atoms with Gasteiger partial charge in [-0.2, -0.15) is 13.2 Å². The quantitative estimate of drug-likeness (QED) is 0.252. The zero-order valence-electron chi connectivity index (χ0n) is 12.0. The predicted molar refractivity (Wildman–Crippen MR) is 84.6 cm³/mol. The highest BCUT2D eigenvalue weighted by atomic mass is 35.5. The van der Waals surface area contributed by atoms with Crippen LogP contribution in [-0.2, 0) is 6.18 Å². The second kappa shape index (κ2) is 9.31. The van der Waals surface area contributed by atoms with Gasteiger partial charge in [0.1, 0.15) is 0 Å². The van der Waals surface area contributed by atoms with Gasteiger partial charge < -0.3 is 0 Å². The van der Waals surface area contributed by atoms with Crippen molar-refractivity contribution in [1.29, 1.82) is 0 Å². The van der Waals surface area contributed by atoms with E-state index >= 15 is 0 Å². The fraction of sp³-hybridized carbons (Fsp3) is 0.500. The van der Waals surface area contributed by atoms with E-state index < -0.39 is 11.7 Å². The summed E-state index contributed by atoms with van der Waals surface area (Å²) < 4.78 is 37.8. The largest absolute Gasteiger partial charge is 0.416 e. The Balaban J connectivity index is 2.33. The molecule has 0 aromatic heterocycles. The van der Waals surface area contributed by atoms with Gasteiger partial charge in [-0.05, 0) is 25.3 Å². The molecule has 0 heterocycles. The molecule has 1 aromatic carbocycles. The number of rotatable bonds is 9. The summed E-state index contributed by atoms with van der Waals surface area (Å²) >= 11 is 5.61. The molecule has 0 aliphatic heterocycles. The highest BCUT2D eigenvalue weighted by Gasteiger charge is 2.30. The molecule has 2 radical (unpaired) electrons. The molecule has 21 heavy (non-hydrogen) atoms. The average Bonchev–Trinajstić information content (AvgIpc) is 2.44. The first-order valence-electron chi connectivity index (χ1n) is 7.07. The van der Waals surface area contributed by atoms with Crippen molar-refractivity contribution in [3.8, 4) is 0 Å². The fourth-order valence-electron chi connectivity index (χ4n) is 1.94. The number of unbranched alkanes of at least 4 members (excludes halogenated alkanes) is 3. The summed E-state index contributed by atoms with van der Waals surface area (Å²) in [5.74, 6) is 0.706. The molecular weight excluding hydrogens is 313 g/mol. The van der Waals surface area contributed by atoms with Gasteiger partial charge in [-0.1, -0.05) is 47.9 Å². The Bertz CT molecular complexity index is 443. The van der Waals surface area contributed by atoms with E-state index in [1.54, 1.807) is 6.07 Å². The smallest absolute Gasteiger partial charge is 0.166 e. The van der Waals surface area contributed by atoms with Crippen LogP contribution in [0.2, 0.25) is 6.04 Å². The topological polar surface area (TPSA) is 0 Å². The molecule has 116 valence electrons. The van der Waals surface area contributed by atoms with Crippen LogP contribution in [0.5, 0.6) is 0 Å². The van der Waals surface area contributed by atoms with Crippen LogP contribution in [0.15, 0.2) is 36.4 Å². The molecule has 1 rings (SSSR count). The maximum Gasteiger partial charge on any atom is 0.416 e. The molecule has 0 atom stereocenters. The van der Waals surface area contributed by atoms with Crippen molar-refractivity contribution in [1.82, 2.24) is 0 Å². The number of alkyl halides is 4. The maximum absolute atomic E-state index is 12.6. The van der Waals surface area contributed by atoms with Crippen LogP contribution in [0.1, 0.15) is 37.7 Å². The molecule has 1 aromatic rings. The molecule has 0 saturated carbocycles. The van der Waals surface area contributed by atoms with Crippen LogP contribution < -0.4 is 5.19 Å². The number of allylic oxidation sites excluding steroid dienone is 1. The molecule has 0 N–H and O–H groups in total. The second-order valence-electron chi connectivity index (χ2n) is 5.04. The SMILES string of the molecule is C=C(CCCCCCCl)C[Si]c1cccc(C(F)(F)F)c1. The minimum Gasteiger partial charge on any atom is -0.166 e. The van der Waals surface area contributed by atoms with E-state index in [4.69, 9.17) is 11.6 Å². The first-order valence-corrected chi connectivity index (χ1v) is 8.81. The normalized spacial score (nSPS) is 11.6. The zero-order chi connectivity index (χ0) is 15.7. The first kappa shape index (κ1) is 18.3. The van der Waals surface area contributed by atoms with E-state index in [-0.39, 0.29) is 0 Å². The molecule has 0 saturated heterocycles. The Kier molecular flexibility index (Phi) is 8.12. The lowest BCUT2D eigenvalue weighted by molar-refractivity contribution is -0.137. The predicted octanol–water partition coefficient (Wildman–Crippen LogP) is 5.20. The molecule has 5 heteroatoms. The van der Waals surface area contributed by atoms with E-state index in [1.807, 2.05) is 0 Å². The number of halogens is 4. The molecule has 0 bridgehead atoms. The van der Waals surface area contributed by atoms with E-state index in [1.165, 1.54) is 12.1 Å². The van der Waals surface area contributed by atoms with Crippen LogP contribution in [0.3, 0.4) is 0 Å². The standard InChI is InChI=1S/C16H20ClF3Si/c1-13(7-4-2-3-5-10-17)12-21-15-9-6-8-14(11-15)16(18,19)20/h6,8-9,11H,1-5,7,10,12H2. The minimum atomic E-state index is -4.26. The van der Waals surface area contributed by atoms with Crippen molar-refractivity contribution in [2.45, 2.75) is 44.3 Å². The van der Waals surface area contributed by atoms with Gasteiger partial charge in [0, 0.05) is 5.88 Å². The molecule has 0 unspecified atom stereocenters.